The summed E-state index contributed by atoms with van der Waals surface area (Å²) in [5, 5.41) is 144. The molecule has 2 fully saturated rings. The van der Waals surface area contributed by atoms with E-state index >= 15 is 0 Å². The van der Waals surface area contributed by atoms with Gasteiger partial charge in [0.15, 0.2) is 18.4 Å². The van der Waals surface area contributed by atoms with Gasteiger partial charge in [-0.1, -0.05) is 6.08 Å². The van der Waals surface area contributed by atoms with Crippen LogP contribution in [0.15, 0.2) is 11.6 Å². The summed E-state index contributed by atoms with van der Waals surface area (Å²) in [6.45, 7) is -4.24. The van der Waals surface area contributed by atoms with Crippen molar-refractivity contribution in [3.8, 4) is 0 Å². The first kappa shape index (κ1) is 39.1. The molecule has 46 heavy (non-hydrogen) atoms. The van der Waals surface area contributed by atoms with Crippen LogP contribution in [0.5, 0.6) is 0 Å². The molecule has 1 aliphatic carbocycles. The third-order valence-electron chi connectivity index (χ3n) is 8.19. The lowest BCUT2D eigenvalue weighted by molar-refractivity contribution is -0.356. The predicted octanol–water partition coefficient (Wildman–Crippen LogP) is -9.36. The minimum absolute atomic E-state index is 0.0455. The van der Waals surface area contributed by atoms with Gasteiger partial charge in [-0.3, -0.25) is 4.79 Å². The summed E-state index contributed by atoms with van der Waals surface area (Å²) >= 11 is 0. The van der Waals surface area contributed by atoms with E-state index < -0.39 is 149 Å². The first-order valence-electron chi connectivity index (χ1n) is 14.5. The van der Waals surface area contributed by atoms with Crippen LogP contribution in [0.2, 0.25) is 0 Å². The predicted molar refractivity (Wildman–Crippen MR) is 145 cm³/mol. The SMILES string of the molecule is O=C(C(O)CO)C(C[C@H](O)CO)O[C@H]1OC(CO)C(O[C@@H]2O[C@H](CO)C(NC3C=C(CO)C(O)C(O)C3O)[C@H](O)C2O)C(O)[C@H]1O. The van der Waals surface area contributed by atoms with Crippen LogP contribution < -0.4 is 5.32 Å². The van der Waals surface area contributed by atoms with Crippen LogP contribution in [-0.4, -0.2) is 214 Å². The second-order valence-corrected chi connectivity index (χ2v) is 11.4. The molecular formula is C26H45NO19. The third-order valence-corrected chi connectivity index (χ3v) is 8.19. The third kappa shape index (κ3) is 8.62. The monoisotopic (exact) mass is 675 g/mol. The Balaban J connectivity index is 1.74. The van der Waals surface area contributed by atoms with Crippen LogP contribution in [0.4, 0.5) is 0 Å². The van der Waals surface area contributed by atoms with Crippen LogP contribution in [0, 0.1) is 0 Å². The van der Waals surface area contributed by atoms with E-state index in [-0.39, 0.29) is 5.57 Å². The Morgan fingerprint density at radius 2 is 1.39 bits per heavy atom. The Morgan fingerprint density at radius 1 is 0.783 bits per heavy atom. The number of hydrogen-bond donors (Lipinski definition) is 15. The minimum Gasteiger partial charge on any atom is -0.394 e. The van der Waals surface area contributed by atoms with Crippen molar-refractivity contribution in [3.05, 3.63) is 11.6 Å². The van der Waals surface area contributed by atoms with E-state index in [0.717, 1.165) is 0 Å². The Bertz CT molecular complexity index is 987. The number of carbonyl (C=O) groups is 1. The Kier molecular flexibility index (Phi) is 14.7. The van der Waals surface area contributed by atoms with Gasteiger partial charge in [0.25, 0.3) is 0 Å². The van der Waals surface area contributed by atoms with E-state index in [4.69, 9.17) is 29.2 Å². The number of aliphatic hydroxyl groups is 14. The van der Waals surface area contributed by atoms with Crippen LogP contribution in [0.25, 0.3) is 0 Å². The highest BCUT2D eigenvalue weighted by Gasteiger charge is 2.52. The zero-order chi connectivity index (χ0) is 34.5. The Hall–Kier alpha value is -1.35. The summed E-state index contributed by atoms with van der Waals surface area (Å²) in [7, 11) is 0. The fourth-order valence-electron chi connectivity index (χ4n) is 5.48. The van der Waals surface area contributed by atoms with Crippen LogP contribution in [0.1, 0.15) is 6.42 Å². The zero-order valence-corrected chi connectivity index (χ0v) is 24.4. The van der Waals surface area contributed by atoms with Crippen molar-refractivity contribution < 1.29 is 95.2 Å². The van der Waals surface area contributed by atoms with Crippen molar-refractivity contribution in [3.63, 3.8) is 0 Å². The number of carbonyl (C=O) groups excluding carboxylic acids is 1. The van der Waals surface area contributed by atoms with Crippen molar-refractivity contribution in [2.24, 2.45) is 0 Å². The number of aliphatic hydroxyl groups excluding tert-OH is 14. The molecule has 0 aromatic carbocycles. The Labute approximate surface area is 261 Å². The fraction of sp³-hybridized carbons (Fsp3) is 0.885. The van der Waals surface area contributed by atoms with Crippen molar-refractivity contribution in [1.29, 1.82) is 0 Å². The van der Waals surface area contributed by atoms with Gasteiger partial charge in [-0.2, -0.15) is 0 Å². The average molecular weight is 676 g/mol. The molecule has 0 aromatic rings. The number of nitrogens with one attached hydrogen (secondary N) is 1. The van der Waals surface area contributed by atoms with Gasteiger partial charge >= 0.3 is 0 Å². The van der Waals surface area contributed by atoms with Gasteiger partial charge in [-0.15, -0.1) is 0 Å². The van der Waals surface area contributed by atoms with E-state index in [2.05, 4.69) is 5.32 Å². The molecule has 15 N–H and O–H groups in total. The van der Waals surface area contributed by atoms with Crippen molar-refractivity contribution in [2.75, 3.05) is 33.0 Å². The molecule has 11 unspecified atom stereocenters. The smallest absolute Gasteiger partial charge is 0.192 e. The quantitative estimate of drug-likeness (QED) is 0.0716. The van der Waals surface area contributed by atoms with Gasteiger partial charge in [-0.25, -0.2) is 0 Å². The number of Topliss-reactive ketones (excluding diaryl/α,β-unsaturated/α-hetero) is 1. The minimum atomic E-state index is -2.04. The van der Waals surface area contributed by atoms with Gasteiger partial charge < -0.3 is 95.8 Å². The van der Waals surface area contributed by atoms with E-state index in [1.165, 1.54) is 6.08 Å². The number of rotatable bonds is 15. The summed E-state index contributed by atoms with van der Waals surface area (Å²) in [5.74, 6) is -1.15. The van der Waals surface area contributed by atoms with Gasteiger partial charge in [-0.05, 0) is 5.57 Å². The van der Waals surface area contributed by atoms with Crippen LogP contribution in [-0.2, 0) is 23.7 Å². The molecule has 20 heteroatoms. The molecule has 17 atom stereocenters. The van der Waals surface area contributed by atoms with Crippen molar-refractivity contribution in [2.45, 2.75) is 110 Å². The lowest BCUT2D eigenvalue weighted by Crippen LogP contribution is -2.69. The molecule has 0 bridgehead atoms. The molecule has 268 valence electrons. The maximum atomic E-state index is 12.5. The highest BCUT2D eigenvalue weighted by Crippen LogP contribution is 2.31. The van der Waals surface area contributed by atoms with E-state index in [9.17, 15) is 66.1 Å². The van der Waals surface area contributed by atoms with Gasteiger partial charge in [0.2, 0.25) is 0 Å². The van der Waals surface area contributed by atoms with Crippen molar-refractivity contribution >= 4 is 5.78 Å². The number of ketones is 1. The first-order chi connectivity index (χ1) is 21.7. The van der Waals surface area contributed by atoms with E-state index in [1.54, 1.807) is 0 Å². The molecule has 0 amide bonds. The molecule has 2 heterocycles. The van der Waals surface area contributed by atoms with Crippen LogP contribution in [0.3, 0.4) is 0 Å². The topological polar surface area (TPSA) is 349 Å². The molecule has 2 aliphatic heterocycles. The highest BCUT2D eigenvalue weighted by molar-refractivity contribution is 5.87. The lowest BCUT2D eigenvalue weighted by atomic mass is 9.86. The summed E-state index contributed by atoms with van der Waals surface area (Å²) in [6, 6.07) is -2.55. The lowest BCUT2D eigenvalue weighted by Gasteiger charge is -2.48. The standard InChI is InChI=1S/C26H45NO19/c28-3-8-1-10(17(36)20(39)16(8)35)27-15-13(6-31)44-26(22(41)19(15)38)46-24-14(7-32)45-25(23(42)21(24)40)43-12(2-9(33)4-29)18(37)11(34)5-30/h1,9-17,19-36,38-42H,2-7H2/t9-,10?,11?,12?,13+,14?,15?,16?,17?,19-,20?,21?,22?,23+,24?,25-,26-/m0/s1. The van der Waals surface area contributed by atoms with E-state index in [1.807, 2.05) is 0 Å². The van der Waals surface area contributed by atoms with Crippen LogP contribution >= 0.6 is 0 Å². The Morgan fingerprint density at radius 3 is 1.96 bits per heavy atom. The molecule has 3 rings (SSSR count). The summed E-state index contributed by atoms with van der Waals surface area (Å²) in [4.78, 5) is 12.5. The molecular weight excluding hydrogens is 630 g/mol. The van der Waals surface area contributed by atoms with E-state index in [0.29, 0.717) is 0 Å². The van der Waals surface area contributed by atoms with Gasteiger partial charge in [0.1, 0.15) is 73.2 Å². The highest BCUT2D eigenvalue weighted by atomic mass is 16.7. The normalized spacial score (nSPS) is 42.3. The summed E-state index contributed by atoms with van der Waals surface area (Å²) in [5.41, 5.74) is -0.0455. The van der Waals surface area contributed by atoms with Gasteiger partial charge in [0, 0.05) is 6.42 Å². The maximum Gasteiger partial charge on any atom is 0.192 e. The molecule has 0 saturated carbocycles. The largest absolute Gasteiger partial charge is 0.394 e. The number of ether oxygens (including phenoxy) is 4. The average Bonchev–Trinajstić information content (AvgIpc) is 3.05. The fourth-order valence-corrected chi connectivity index (χ4v) is 5.48. The molecule has 0 aromatic heterocycles. The molecule has 2 saturated heterocycles. The molecule has 20 nitrogen and oxygen atoms in total. The molecule has 0 radical (unpaired) electrons. The molecule has 0 spiro atoms. The zero-order valence-electron chi connectivity index (χ0n) is 24.4. The first-order valence-corrected chi connectivity index (χ1v) is 14.5. The maximum absolute atomic E-state index is 12.5. The summed E-state index contributed by atoms with van der Waals surface area (Å²) < 4.78 is 22.0. The second kappa shape index (κ2) is 17.3. The van der Waals surface area contributed by atoms with Crippen molar-refractivity contribution in [1.82, 2.24) is 5.32 Å². The van der Waals surface area contributed by atoms with Gasteiger partial charge in [0.05, 0.1) is 51.2 Å². The number of hydrogen-bond acceptors (Lipinski definition) is 20. The summed E-state index contributed by atoms with van der Waals surface area (Å²) in [6.07, 6.45) is -25.8. The molecule has 3 aliphatic rings. The second-order valence-electron chi connectivity index (χ2n) is 11.4.